The Hall–Kier alpha value is -4.00. The third kappa shape index (κ3) is 5.57. The van der Waals surface area contributed by atoms with E-state index >= 15 is 0 Å². The number of hydrazine groups is 1. The molecule has 3 aromatic rings. The van der Waals surface area contributed by atoms with Crippen LogP contribution in [0, 0.1) is 10.1 Å². The largest absolute Gasteiger partial charge is 0.273 e. The molecule has 0 saturated carbocycles. The average molecular weight is 431 g/mol. The van der Waals surface area contributed by atoms with Crippen LogP contribution in [0.3, 0.4) is 0 Å². The Balaban J connectivity index is 1.74. The van der Waals surface area contributed by atoms with Crippen molar-refractivity contribution in [1.82, 2.24) is 10.4 Å². The fraction of sp³-hybridized carbons (Fsp3) is 0.200. The zero-order valence-corrected chi connectivity index (χ0v) is 18.0. The van der Waals surface area contributed by atoms with Crippen LogP contribution in [0.5, 0.6) is 0 Å². The Morgan fingerprint density at radius 3 is 2.34 bits per heavy atom. The van der Waals surface area contributed by atoms with Crippen molar-refractivity contribution in [3.05, 3.63) is 100 Å². The van der Waals surface area contributed by atoms with Crippen LogP contribution in [-0.4, -0.2) is 27.8 Å². The number of hydrogen-bond acceptors (Lipinski definition) is 4. The molecule has 3 rings (SSSR count). The zero-order chi connectivity index (χ0) is 23.1. The highest BCUT2D eigenvalue weighted by molar-refractivity contribution is 5.95. The number of hydrogen-bond donors (Lipinski definition) is 1. The number of non-ortho nitro benzene ring substituents is 1. The van der Waals surface area contributed by atoms with E-state index in [0.717, 1.165) is 16.7 Å². The van der Waals surface area contributed by atoms with Crippen molar-refractivity contribution in [2.45, 2.75) is 32.7 Å². The minimum absolute atomic E-state index is 0.0167. The summed E-state index contributed by atoms with van der Waals surface area (Å²) in [5, 5.41) is 12.5. The summed E-state index contributed by atoms with van der Waals surface area (Å²) in [5.74, 6) is -0.553. The first-order valence-electron chi connectivity index (χ1n) is 10.4. The summed E-state index contributed by atoms with van der Waals surface area (Å²) in [6.07, 6.45) is 0.612. The molecule has 0 heterocycles. The van der Waals surface area contributed by atoms with Gasteiger partial charge in [0.15, 0.2) is 0 Å². The second-order valence-corrected chi connectivity index (χ2v) is 7.63. The minimum Gasteiger partial charge on any atom is -0.273 e. The molecule has 0 unspecified atom stereocenters. The van der Waals surface area contributed by atoms with Gasteiger partial charge in [-0.25, -0.2) is 0 Å². The average Bonchev–Trinajstić information content (AvgIpc) is 2.81. The number of benzene rings is 3. The van der Waals surface area contributed by atoms with Gasteiger partial charge in [0.2, 0.25) is 5.91 Å². The normalized spacial score (nSPS) is 10.6. The summed E-state index contributed by atoms with van der Waals surface area (Å²) in [6, 6.07) is 22.5. The summed E-state index contributed by atoms with van der Waals surface area (Å²) in [7, 11) is 0. The molecule has 0 aliphatic carbocycles. The summed E-state index contributed by atoms with van der Waals surface area (Å²) >= 11 is 0. The molecule has 0 aliphatic heterocycles. The second kappa shape index (κ2) is 10.3. The molecule has 0 spiro atoms. The maximum absolute atomic E-state index is 12.9. The first-order chi connectivity index (χ1) is 15.4. The number of nitro benzene ring substituents is 1. The summed E-state index contributed by atoms with van der Waals surface area (Å²) in [6.45, 7) is 3.67. The highest BCUT2D eigenvalue weighted by Crippen LogP contribution is 2.28. The molecule has 0 radical (unpaired) electrons. The van der Waals surface area contributed by atoms with Gasteiger partial charge in [0.05, 0.1) is 4.92 Å². The van der Waals surface area contributed by atoms with Crippen LogP contribution in [-0.2, 0) is 11.2 Å². The van der Waals surface area contributed by atoms with E-state index in [2.05, 4.69) is 5.43 Å². The van der Waals surface area contributed by atoms with Crippen molar-refractivity contribution >= 4 is 17.5 Å². The van der Waals surface area contributed by atoms with Crippen molar-refractivity contribution in [2.75, 3.05) is 0 Å². The van der Waals surface area contributed by atoms with Gasteiger partial charge in [-0.1, -0.05) is 54.6 Å². The number of nitrogens with one attached hydrogen (secondary N) is 1. The third-order valence-corrected chi connectivity index (χ3v) is 5.04. The molecule has 3 aromatic carbocycles. The predicted molar refractivity (Wildman–Crippen MR) is 123 cm³/mol. The number of rotatable bonds is 7. The summed E-state index contributed by atoms with van der Waals surface area (Å²) in [4.78, 5) is 36.2. The van der Waals surface area contributed by atoms with E-state index in [-0.39, 0.29) is 30.0 Å². The lowest BCUT2D eigenvalue weighted by atomic mass is 9.96. The third-order valence-electron chi connectivity index (χ3n) is 5.04. The van der Waals surface area contributed by atoms with Gasteiger partial charge >= 0.3 is 0 Å². The van der Waals surface area contributed by atoms with Gasteiger partial charge < -0.3 is 0 Å². The van der Waals surface area contributed by atoms with Gasteiger partial charge in [-0.3, -0.25) is 30.1 Å². The highest BCUT2D eigenvalue weighted by Gasteiger charge is 2.20. The Kier molecular flexibility index (Phi) is 7.33. The minimum atomic E-state index is -0.425. The van der Waals surface area contributed by atoms with Crippen molar-refractivity contribution in [3.8, 4) is 11.1 Å². The molecular weight excluding hydrogens is 406 g/mol. The van der Waals surface area contributed by atoms with Crippen LogP contribution in [0.2, 0.25) is 0 Å². The number of nitrogens with zero attached hydrogens (tertiary/aromatic N) is 2. The number of amides is 2. The van der Waals surface area contributed by atoms with Crippen molar-refractivity contribution < 1.29 is 14.5 Å². The van der Waals surface area contributed by atoms with Crippen molar-refractivity contribution in [3.63, 3.8) is 0 Å². The van der Waals surface area contributed by atoms with E-state index in [1.54, 1.807) is 30.3 Å². The number of nitro groups is 1. The molecule has 1 N–H and O–H groups in total. The lowest BCUT2D eigenvalue weighted by Gasteiger charge is -2.27. The van der Waals surface area contributed by atoms with Gasteiger partial charge in [-0.2, -0.15) is 0 Å². The monoisotopic (exact) mass is 431 g/mol. The van der Waals surface area contributed by atoms with Crippen LogP contribution < -0.4 is 5.43 Å². The first kappa shape index (κ1) is 22.7. The fourth-order valence-electron chi connectivity index (χ4n) is 3.41. The van der Waals surface area contributed by atoms with Crippen LogP contribution in [0.25, 0.3) is 11.1 Å². The first-order valence-corrected chi connectivity index (χ1v) is 10.4. The van der Waals surface area contributed by atoms with Crippen LogP contribution in [0.15, 0.2) is 78.9 Å². The molecule has 0 aliphatic rings. The van der Waals surface area contributed by atoms with Crippen molar-refractivity contribution in [1.29, 1.82) is 0 Å². The smallest absolute Gasteiger partial charge is 0.270 e. The van der Waals surface area contributed by atoms with E-state index in [9.17, 15) is 19.7 Å². The topological polar surface area (TPSA) is 92.6 Å². The molecule has 7 heteroatoms. The molecule has 164 valence electrons. The quantitative estimate of drug-likeness (QED) is 0.431. The number of carbonyl (C=O) groups is 2. The highest BCUT2D eigenvalue weighted by atomic mass is 16.6. The van der Waals surface area contributed by atoms with E-state index in [1.807, 2.05) is 50.2 Å². The lowest BCUT2D eigenvalue weighted by Crippen LogP contribution is -2.50. The second-order valence-electron chi connectivity index (χ2n) is 7.63. The number of aryl methyl sites for hydroxylation is 1. The van der Waals surface area contributed by atoms with Gasteiger partial charge in [0, 0.05) is 30.2 Å². The SMILES string of the molecule is CC(C)N(NC(=O)c1ccccc1)C(=O)CCc1ccccc1-c1cccc([N+](=O)[O-])c1. The van der Waals surface area contributed by atoms with Crippen LogP contribution in [0.1, 0.15) is 36.2 Å². The standard InChI is InChI=1S/C25H25N3O4/c1-18(2)27(26-25(30)20-10-4-3-5-11-20)24(29)16-15-19-9-6-7-14-23(19)21-12-8-13-22(17-21)28(31)32/h3-14,17-18H,15-16H2,1-2H3,(H,26,30). The Bertz CT molecular complexity index is 1110. The van der Waals surface area contributed by atoms with Gasteiger partial charge in [-0.15, -0.1) is 0 Å². The Labute approximate surface area is 186 Å². The predicted octanol–water partition coefficient (Wildman–Crippen LogP) is 4.78. The number of carbonyl (C=O) groups excluding carboxylic acids is 2. The van der Waals surface area contributed by atoms with E-state index in [1.165, 1.54) is 17.1 Å². The Morgan fingerprint density at radius 2 is 1.66 bits per heavy atom. The lowest BCUT2D eigenvalue weighted by molar-refractivity contribution is -0.384. The van der Waals surface area contributed by atoms with Gasteiger partial charge in [0.1, 0.15) is 0 Å². The molecule has 0 fully saturated rings. The molecular formula is C25H25N3O4. The van der Waals surface area contributed by atoms with Gasteiger partial charge in [-0.05, 0) is 49.1 Å². The molecule has 0 saturated heterocycles. The molecule has 7 nitrogen and oxygen atoms in total. The van der Waals surface area contributed by atoms with E-state index < -0.39 is 4.92 Å². The fourth-order valence-corrected chi connectivity index (χ4v) is 3.41. The summed E-state index contributed by atoms with van der Waals surface area (Å²) < 4.78 is 0. The maximum atomic E-state index is 12.9. The van der Waals surface area contributed by atoms with Crippen molar-refractivity contribution in [2.24, 2.45) is 0 Å². The van der Waals surface area contributed by atoms with Crippen LogP contribution in [0.4, 0.5) is 5.69 Å². The molecule has 32 heavy (non-hydrogen) atoms. The molecule has 0 aromatic heterocycles. The van der Waals surface area contributed by atoms with E-state index in [0.29, 0.717) is 12.0 Å². The molecule has 0 bridgehead atoms. The van der Waals surface area contributed by atoms with Crippen LogP contribution >= 0.6 is 0 Å². The maximum Gasteiger partial charge on any atom is 0.270 e. The zero-order valence-electron chi connectivity index (χ0n) is 18.0. The summed E-state index contributed by atoms with van der Waals surface area (Å²) in [5.41, 5.74) is 5.66. The van der Waals surface area contributed by atoms with E-state index in [4.69, 9.17) is 0 Å². The Morgan fingerprint density at radius 1 is 0.969 bits per heavy atom. The molecule has 0 atom stereocenters. The van der Waals surface area contributed by atoms with Gasteiger partial charge in [0.25, 0.3) is 11.6 Å². The molecule has 2 amide bonds.